The molecule has 0 spiro atoms. The number of halogens is 2. The fraction of sp³-hybridized carbons (Fsp3) is 0.500. The van der Waals surface area contributed by atoms with E-state index >= 15 is 0 Å². The van der Waals surface area contributed by atoms with E-state index in [1.807, 2.05) is 0 Å². The first-order valence-electron chi connectivity index (χ1n) is 3.57. The molecule has 0 radical (unpaired) electrons. The van der Waals surface area contributed by atoms with Crippen molar-refractivity contribution >= 4 is 8.07 Å². The molecule has 1 aliphatic rings. The standard InChI is InChI=1S/C8H13Si.2ClH.O.V/c1-9(2,3)8-6-4-5-7-8;;;;/h4,6H,5H2,1-3H3;2*1H;;/q-1;;;;+2/p-2. The monoisotopic (exact) mass is 274 g/mol. The van der Waals surface area contributed by atoms with Crippen LogP contribution in [0.25, 0.3) is 0 Å². The quantitative estimate of drug-likeness (QED) is 0.358. The summed E-state index contributed by atoms with van der Waals surface area (Å²) < 4.78 is 8.19. The molecule has 0 aromatic carbocycles. The second-order valence-corrected chi connectivity index (χ2v) is 8.49. The number of hydrogen-bond donors (Lipinski definition) is 0. The van der Waals surface area contributed by atoms with Crippen molar-refractivity contribution in [1.82, 2.24) is 0 Å². The zero-order valence-corrected chi connectivity index (χ0v) is 11.9. The van der Waals surface area contributed by atoms with Crippen LogP contribution in [0.5, 0.6) is 0 Å². The molecule has 0 saturated carbocycles. The van der Waals surface area contributed by atoms with Crippen LogP contribution in [0.15, 0.2) is 17.3 Å². The third kappa shape index (κ3) is 7.71. The second-order valence-electron chi connectivity index (χ2n) is 3.45. The van der Waals surface area contributed by atoms with Gasteiger partial charge in [-0.3, -0.25) is 6.08 Å². The normalized spacial score (nSPS) is 13.2. The molecule has 1 nitrogen and oxygen atoms in total. The van der Waals surface area contributed by atoms with Gasteiger partial charge in [-0.15, -0.1) is 6.42 Å². The van der Waals surface area contributed by atoms with Gasteiger partial charge in [0.25, 0.3) is 0 Å². The molecule has 0 saturated heterocycles. The fourth-order valence-corrected chi connectivity index (χ4v) is 2.17. The van der Waals surface area contributed by atoms with Crippen molar-refractivity contribution in [3.63, 3.8) is 0 Å². The minimum absolute atomic E-state index is 0. The Bertz CT molecular complexity index is 187. The maximum atomic E-state index is 8.19. The summed E-state index contributed by atoms with van der Waals surface area (Å²) in [4.78, 5) is 0. The molecule has 1 rings (SSSR count). The van der Waals surface area contributed by atoms with Gasteiger partial charge in [0.05, 0.1) is 0 Å². The molecule has 1 aliphatic carbocycles. The first kappa shape index (κ1) is 19.3. The van der Waals surface area contributed by atoms with Crippen molar-refractivity contribution < 1.29 is 45.9 Å². The molecule has 0 aromatic heterocycles. The second kappa shape index (κ2) is 9.23. The molecule has 75 valence electrons. The van der Waals surface area contributed by atoms with E-state index in [0.29, 0.717) is 0 Å². The van der Waals surface area contributed by atoms with E-state index in [9.17, 15) is 0 Å². The Morgan fingerprint density at radius 2 is 1.77 bits per heavy atom. The SMILES string of the molecule is C[Si](C)(C)C1=[C-]CC=C1.[Cl-].[Cl-].[O]=[V+2]. The predicted molar refractivity (Wildman–Crippen MR) is 44.5 cm³/mol. The molecule has 5 heteroatoms. The number of rotatable bonds is 1. The van der Waals surface area contributed by atoms with Crippen LogP contribution in [0.2, 0.25) is 19.6 Å². The van der Waals surface area contributed by atoms with Gasteiger partial charge in [-0.05, 0) is 0 Å². The van der Waals surface area contributed by atoms with Gasteiger partial charge in [0.2, 0.25) is 0 Å². The van der Waals surface area contributed by atoms with E-state index in [1.54, 1.807) is 0 Å². The van der Waals surface area contributed by atoms with Gasteiger partial charge in [0, 0.05) is 8.07 Å². The zero-order chi connectivity index (χ0) is 8.91. The van der Waals surface area contributed by atoms with Gasteiger partial charge in [-0.1, -0.05) is 19.6 Å². The summed E-state index contributed by atoms with van der Waals surface area (Å²) in [6.45, 7) is 7.06. The van der Waals surface area contributed by atoms with Crippen LogP contribution in [0, 0.1) is 6.08 Å². The molecule has 0 heterocycles. The third-order valence-corrected chi connectivity index (χ3v) is 3.46. The van der Waals surface area contributed by atoms with Crippen LogP contribution in [-0.4, -0.2) is 8.07 Å². The molecule has 0 aliphatic heterocycles. The topological polar surface area (TPSA) is 17.1 Å². The van der Waals surface area contributed by atoms with Crippen molar-refractivity contribution in [1.29, 1.82) is 0 Å². The molecule has 0 atom stereocenters. The van der Waals surface area contributed by atoms with Crippen LogP contribution in [0.3, 0.4) is 0 Å². The molecule has 13 heavy (non-hydrogen) atoms. The Labute approximate surface area is 103 Å². The zero-order valence-electron chi connectivity index (χ0n) is 7.97. The molecule has 0 unspecified atom stereocenters. The van der Waals surface area contributed by atoms with Crippen LogP contribution in [-0.2, 0) is 21.0 Å². The van der Waals surface area contributed by atoms with Gasteiger partial charge >= 0.3 is 21.0 Å². The first-order valence-corrected chi connectivity index (χ1v) is 7.64. The molecule has 0 amide bonds. The van der Waals surface area contributed by atoms with Gasteiger partial charge < -0.3 is 24.8 Å². The van der Waals surface area contributed by atoms with E-state index in [4.69, 9.17) is 3.67 Å². The summed E-state index contributed by atoms with van der Waals surface area (Å²) in [7, 11) is -1.01. The van der Waals surface area contributed by atoms with E-state index < -0.39 is 8.07 Å². The number of allylic oxidation sites excluding steroid dienone is 4. The van der Waals surface area contributed by atoms with Crippen molar-refractivity contribution in [3.05, 3.63) is 23.4 Å². The summed E-state index contributed by atoms with van der Waals surface area (Å²) in [5, 5.41) is 1.49. The van der Waals surface area contributed by atoms with Crippen molar-refractivity contribution in [2.24, 2.45) is 0 Å². The molecule has 0 aromatic rings. The fourth-order valence-electron chi connectivity index (χ4n) is 0.920. The molecular weight excluding hydrogens is 262 g/mol. The Balaban J connectivity index is -0.000000234. The van der Waals surface area contributed by atoms with E-state index in [0.717, 1.165) is 23.8 Å². The molecule has 0 bridgehead atoms. The predicted octanol–water partition coefficient (Wildman–Crippen LogP) is -3.56. The first-order chi connectivity index (χ1) is 5.11. The van der Waals surface area contributed by atoms with Gasteiger partial charge in [0.1, 0.15) is 0 Å². The van der Waals surface area contributed by atoms with Crippen molar-refractivity contribution in [3.8, 4) is 0 Å². The van der Waals surface area contributed by atoms with Crippen molar-refractivity contribution in [2.45, 2.75) is 26.1 Å². The van der Waals surface area contributed by atoms with E-state index in [-0.39, 0.29) is 24.8 Å². The summed E-state index contributed by atoms with van der Waals surface area (Å²) in [6, 6.07) is 0. The van der Waals surface area contributed by atoms with Gasteiger partial charge in [-0.25, -0.2) is 11.3 Å². The molecule has 0 N–H and O–H groups in total. The summed E-state index contributed by atoms with van der Waals surface area (Å²) >= 11 is 1.06. The minimum atomic E-state index is -1.01. The van der Waals surface area contributed by atoms with Crippen LogP contribution < -0.4 is 24.8 Å². The summed E-state index contributed by atoms with van der Waals surface area (Å²) in [6.07, 6.45) is 8.82. The van der Waals surface area contributed by atoms with Crippen LogP contribution >= 0.6 is 0 Å². The van der Waals surface area contributed by atoms with E-state index in [1.165, 1.54) is 5.20 Å². The van der Waals surface area contributed by atoms with Crippen LogP contribution in [0.1, 0.15) is 6.42 Å². The van der Waals surface area contributed by atoms with Crippen LogP contribution in [0.4, 0.5) is 0 Å². The van der Waals surface area contributed by atoms with Gasteiger partial charge in [0.15, 0.2) is 0 Å². The Kier molecular flexibility index (Phi) is 13.7. The Morgan fingerprint density at radius 3 is 1.92 bits per heavy atom. The van der Waals surface area contributed by atoms with Gasteiger partial charge in [-0.2, -0.15) is 6.08 Å². The third-order valence-electron chi connectivity index (χ3n) is 1.50. The summed E-state index contributed by atoms with van der Waals surface area (Å²) in [5.74, 6) is 0. The maximum absolute atomic E-state index is 8.19. The average Bonchev–Trinajstić information content (AvgIpc) is 2.40. The average molecular weight is 275 g/mol. The Hall–Kier alpha value is 0.661. The molecular formula is C8H13Cl2OSiV-. The van der Waals surface area contributed by atoms with Crippen molar-refractivity contribution in [2.75, 3.05) is 0 Å². The molecule has 0 fully saturated rings. The Morgan fingerprint density at radius 1 is 1.31 bits per heavy atom. The summed E-state index contributed by atoms with van der Waals surface area (Å²) in [5.41, 5.74) is 0. The van der Waals surface area contributed by atoms with E-state index in [2.05, 4.69) is 37.9 Å². The number of hydrogen-bond acceptors (Lipinski definition) is 1.